The standard InChI is InChI=1S/C20H23ClN4O3/c1-5-22-12-6-9-16(23-10-12)24-15-8-7-14(21)13-11-25(18(26)17(13)15)19(27)28-20(2,3)4/h6-10,22H,5,11H2,1-4H3,(H,23,24). The molecule has 28 heavy (non-hydrogen) atoms. The summed E-state index contributed by atoms with van der Waals surface area (Å²) >= 11 is 6.29. The summed E-state index contributed by atoms with van der Waals surface area (Å²) in [5.41, 5.74) is 1.69. The zero-order valence-electron chi connectivity index (χ0n) is 16.3. The van der Waals surface area contributed by atoms with Gasteiger partial charge < -0.3 is 15.4 Å². The molecule has 148 valence electrons. The van der Waals surface area contributed by atoms with E-state index in [1.807, 2.05) is 19.1 Å². The number of anilines is 3. The van der Waals surface area contributed by atoms with Gasteiger partial charge in [0.2, 0.25) is 0 Å². The fourth-order valence-electron chi connectivity index (χ4n) is 2.87. The number of hydrogen-bond acceptors (Lipinski definition) is 6. The Morgan fingerprint density at radius 3 is 2.64 bits per heavy atom. The van der Waals surface area contributed by atoms with E-state index in [0.717, 1.165) is 17.1 Å². The van der Waals surface area contributed by atoms with Gasteiger partial charge in [0.05, 0.1) is 29.7 Å². The molecule has 0 unspecified atom stereocenters. The minimum absolute atomic E-state index is 0.0736. The van der Waals surface area contributed by atoms with Crippen LogP contribution in [0.25, 0.3) is 0 Å². The highest BCUT2D eigenvalue weighted by molar-refractivity contribution is 6.32. The average Bonchev–Trinajstić information content (AvgIpc) is 2.97. The van der Waals surface area contributed by atoms with Crippen molar-refractivity contribution in [1.29, 1.82) is 0 Å². The van der Waals surface area contributed by atoms with Crippen LogP contribution in [0.2, 0.25) is 5.02 Å². The van der Waals surface area contributed by atoms with E-state index in [0.29, 0.717) is 27.7 Å². The Hall–Kier alpha value is -2.80. The number of aromatic nitrogens is 1. The molecule has 2 N–H and O–H groups in total. The topological polar surface area (TPSA) is 83.6 Å². The molecule has 1 aromatic heterocycles. The fraction of sp³-hybridized carbons (Fsp3) is 0.350. The summed E-state index contributed by atoms with van der Waals surface area (Å²) in [7, 11) is 0. The van der Waals surface area contributed by atoms with Crippen LogP contribution in [0.4, 0.5) is 22.0 Å². The predicted molar refractivity (Wildman–Crippen MR) is 109 cm³/mol. The summed E-state index contributed by atoms with van der Waals surface area (Å²) in [6.07, 6.45) is 1.01. The number of carbonyl (C=O) groups excluding carboxylic acids is 2. The molecule has 3 rings (SSSR count). The smallest absolute Gasteiger partial charge is 0.417 e. The quantitative estimate of drug-likeness (QED) is 0.764. The number of fused-ring (bicyclic) bond motifs is 1. The van der Waals surface area contributed by atoms with Crippen molar-refractivity contribution in [2.75, 3.05) is 17.2 Å². The van der Waals surface area contributed by atoms with Gasteiger partial charge in [0.25, 0.3) is 5.91 Å². The maximum atomic E-state index is 12.9. The monoisotopic (exact) mass is 402 g/mol. The second-order valence-corrected chi connectivity index (χ2v) is 7.81. The molecule has 0 saturated carbocycles. The van der Waals surface area contributed by atoms with Gasteiger partial charge in [0.15, 0.2) is 0 Å². The maximum Gasteiger partial charge on any atom is 0.417 e. The Morgan fingerprint density at radius 1 is 1.29 bits per heavy atom. The minimum atomic E-state index is -0.699. The van der Waals surface area contributed by atoms with E-state index in [1.54, 1.807) is 39.1 Å². The van der Waals surface area contributed by atoms with E-state index in [4.69, 9.17) is 16.3 Å². The second kappa shape index (κ2) is 7.67. The van der Waals surface area contributed by atoms with Crippen LogP contribution in [0.1, 0.15) is 43.6 Å². The van der Waals surface area contributed by atoms with Crippen molar-refractivity contribution in [1.82, 2.24) is 9.88 Å². The third-order valence-electron chi connectivity index (χ3n) is 4.05. The van der Waals surface area contributed by atoms with Gasteiger partial charge in [-0.3, -0.25) is 4.79 Å². The molecule has 0 spiro atoms. The van der Waals surface area contributed by atoms with Crippen LogP contribution in [0.3, 0.4) is 0 Å². The summed E-state index contributed by atoms with van der Waals surface area (Å²) in [5.74, 6) is 0.133. The van der Waals surface area contributed by atoms with E-state index in [9.17, 15) is 9.59 Å². The molecule has 2 aromatic rings. The predicted octanol–water partition coefficient (Wildman–Crippen LogP) is 4.80. The van der Waals surface area contributed by atoms with Crippen LogP contribution < -0.4 is 10.6 Å². The number of benzene rings is 1. The highest BCUT2D eigenvalue weighted by atomic mass is 35.5. The van der Waals surface area contributed by atoms with E-state index >= 15 is 0 Å². The average molecular weight is 403 g/mol. The van der Waals surface area contributed by atoms with E-state index in [1.165, 1.54) is 0 Å². The molecule has 0 fully saturated rings. The van der Waals surface area contributed by atoms with Crippen molar-refractivity contribution >= 4 is 40.8 Å². The van der Waals surface area contributed by atoms with Gasteiger partial charge in [0, 0.05) is 17.1 Å². The van der Waals surface area contributed by atoms with Crippen LogP contribution in [0.15, 0.2) is 30.5 Å². The Labute approximate surface area is 169 Å². The first-order chi connectivity index (χ1) is 13.2. The van der Waals surface area contributed by atoms with Crippen LogP contribution in [-0.2, 0) is 11.3 Å². The molecule has 1 aliphatic rings. The highest BCUT2D eigenvalue weighted by Crippen LogP contribution is 2.36. The first-order valence-corrected chi connectivity index (χ1v) is 9.40. The molecular formula is C20H23ClN4O3. The van der Waals surface area contributed by atoms with Gasteiger partial charge in [-0.25, -0.2) is 14.7 Å². The van der Waals surface area contributed by atoms with Crippen LogP contribution in [0, 0.1) is 0 Å². The molecular weight excluding hydrogens is 380 g/mol. The Kier molecular flexibility index (Phi) is 5.47. The number of ether oxygens (including phenoxy) is 1. The van der Waals surface area contributed by atoms with Crippen molar-refractivity contribution in [2.45, 2.75) is 39.8 Å². The fourth-order valence-corrected chi connectivity index (χ4v) is 3.09. The summed E-state index contributed by atoms with van der Waals surface area (Å²) in [6.45, 7) is 8.13. The molecule has 7 nitrogen and oxygen atoms in total. The van der Waals surface area contributed by atoms with Gasteiger partial charge in [-0.05, 0) is 52.0 Å². The van der Waals surface area contributed by atoms with Gasteiger partial charge in [-0.15, -0.1) is 0 Å². The normalized spacial score (nSPS) is 13.3. The van der Waals surface area contributed by atoms with E-state index in [2.05, 4.69) is 15.6 Å². The van der Waals surface area contributed by atoms with Crippen LogP contribution in [0.5, 0.6) is 0 Å². The van der Waals surface area contributed by atoms with Crippen molar-refractivity contribution in [3.8, 4) is 0 Å². The van der Waals surface area contributed by atoms with E-state index in [-0.39, 0.29) is 6.54 Å². The number of rotatable bonds is 4. The summed E-state index contributed by atoms with van der Waals surface area (Å²) in [6, 6.07) is 7.10. The number of nitrogens with zero attached hydrogens (tertiary/aromatic N) is 2. The number of imide groups is 1. The molecule has 0 radical (unpaired) electrons. The van der Waals surface area contributed by atoms with Crippen LogP contribution >= 0.6 is 11.6 Å². The molecule has 0 aliphatic carbocycles. The summed E-state index contributed by atoms with van der Waals surface area (Å²) < 4.78 is 5.34. The Balaban J connectivity index is 1.87. The van der Waals surface area contributed by atoms with Gasteiger partial charge >= 0.3 is 6.09 Å². The summed E-state index contributed by atoms with van der Waals surface area (Å²) in [5, 5.41) is 6.74. The van der Waals surface area contributed by atoms with Gasteiger partial charge in [0.1, 0.15) is 11.4 Å². The third kappa shape index (κ3) is 4.20. The number of halogens is 1. The summed E-state index contributed by atoms with van der Waals surface area (Å²) in [4.78, 5) is 30.8. The number of amides is 2. The number of nitrogens with one attached hydrogen (secondary N) is 2. The Bertz CT molecular complexity index is 907. The van der Waals surface area contributed by atoms with E-state index < -0.39 is 17.6 Å². The van der Waals surface area contributed by atoms with Crippen molar-refractivity contribution in [2.24, 2.45) is 0 Å². The second-order valence-electron chi connectivity index (χ2n) is 7.41. The first-order valence-electron chi connectivity index (χ1n) is 9.02. The number of pyridine rings is 1. The third-order valence-corrected chi connectivity index (χ3v) is 4.41. The molecule has 0 bridgehead atoms. The minimum Gasteiger partial charge on any atom is -0.443 e. The SMILES string of the molecule is CCNc1ccc(Nc2ccc(Cl)c3c2C(=O)N(C(=O)OC(C)(C)C)C3)nc1. The largest absolute Gasteiger partial charge is 0.443 e. The lowest BCUT2D eigenvalue weighted by Crippen LogP contribution is -2.37. The molecule has 1 aromatic carbocycles. The van der Waals surface area contributed by atoms with Crippen molar-refractivity contribution < 1.29 is 14.3 Å². The molecule has 8 heteroatoms. The van der Waals surface area contributed by atoms with Gasteiger partial charge in [-0.2, -0.15) is 0 Å². The number of carbonyl (C=O) groups is 2. The van der Waals surface area contributed by atoms with Crippen LogP contribution in [-0.4, -0.2) is 34.0 Å². The zero-order valence-corrected chi connectivity index (χ0v) is 17.1. The molecule has 0 atom stereocenters. The number of hydrogen-bond donors (Lipinski definition) is 2. The zero-order chi connectivity index (χ0) is 20.5. The molecule has 1 aliphatic heterocycles. The molecule has 0 saturated heterocycles. The van der Waals surface area contributed by atoms with Gasteiger partial charge in [-0.1, -0.05) is 11.6 Å². The lowest BCUT2D eigenvalue weighted by atomic mass is 10.1. The lowest BCUT2D eigenvalue weighted by Gasteiger charge is -2.23. The highest BCUT2D eigenvalue weighted by Gasteiger charge is 2.38. The first kappa shape index (κ1) is 19.9. The lowest BCUT2D eigenvalue weighted by molar-refractivity contribution is 0.0248. The Morgan fingerprint density at radius 2 is 2.04 bits per heavy atom. The molecule has 2 heterocycles. The molecule has 2 amide bonds. The van der Waals surface area contributed by atoms with Crippen molar-refractivity contribution in [3.63, 3.8) is 0 Å². The maximum absolute atomic E-state index is 12.9. The van der Waals surface area contributed by atoms with Crippen molar-refractivity contribution in [3.05, 3.63) is 46.6 Å².